The molecule has 1 heterocycles. The Balaban J connectivity index is 1.90. The highest BCUT2D eigenvalue weighted by molar-refractivity contribution is 7.12. The largest absolute Gasteiger partial charge is 0.308 e. The third kappa shape index (κ3) is 3.21. The second-order valence-electron chi connectivity index (χ2n) is 4.97. The minimum absolute atomic E-state index is 0.942. The lowest BCUT2D eigenvalue weighted by Gasteiger charge is -2.06. The molecule has 0 radical (unpaired) electrons. The zero-order valence-corrected chi connectivity index (χ0v) is 12.4. The van der Waals surface area contributed by atoms with Crippen LogP contribution in [-0.2, 0) is 13.1 Å². The zero-order chi connectivity index (χ0) is 13.1. The van der Waals surface area contributed by atoms with Crippen molar-refractivity contribution in [2.45, 2.75) is 40.8 Å². The van der Waals surface area contributed by atoms with E-state index in [0.717, 1.165) is 13.1 Å². The molecule has 0 atom stereocenters. The van der Waals surface area contributed by atoms with Gasteiger partial charge in [-0.15, -0.1) is 11.3 Å². The second-order valence-corrected chi connectivity index (χ2v) is 6.31. The Hall–Kier alpha value is -1.12. The van der Waals surface area contributed by atoms with Crippen LogP contribution in [0.15, 0.2) is 24.3 Å². The molecule has 0 saturated carbocycles. The van der Waals surface area contributed by atoms with Gasteiger partial charge in [-0.05, 0) is 56.0 Å². The van der Waals surface area contributed by atoms with Crippen LogP contribution >= 0.6 is 11.3 Å². The number of aryl methyl sites for hydroxylation is 4. The normalized spacial score (nSPS) is 10.9. The maximum Gasteiger partial charge on any atom is 0.0303 e. The van der Waals surface area contributed by atoms with Crippen molar-refractivity contribution in [3.8, 4) is 0 Å². The third-order valence-corrected chi connectivity index (χ3v) is 4.57. The molecule has 96 valence electrons. The Morgan fingerprint density at radius 3 is 2.28 bits per heavy atom. The lowest BCUT2D eigenvalue weighted by molar-refractivity contribution is 0.700. The molecular weight excluding hydrogens is 238 g/mol. The molecule has 0 unspecified atom stereocenters. The van der Waals surface area contributed by atoms with Crippen LogP contribution < -0.4 is 5.32 Å². The van der Waals surface area contributed by atoms with Gasteiger partial charge in [-0.25, -0.2) is 0 Å². The molecule has 1 N–H and O–H groups in total. The lowest BCUT2D eigenvalue weighted by atomic mass is 10.1. The summed E-state index contributed by atoms with van der Waals surface area (Å²) in [6, 6.07) is 8.96. The van der Waals surface area contributed by atoms with E-state index in [9.17, 15) is 0 Å². The second kappa shape index (κ2) is 5.68. The van der Waals surface area contributed by atoms with Gasteiger partial charge in [0.1, 0.15) is 0 Å². The Labute approximate surface area is 114 Å². The van der Waals surface area contributed by atoms with Crippen molar-refractivity contribution >= 4 is 11.3 Å². The van der Waals surface area contributed by atoms with E-state index >= 15 is 0 Å². The number of benzene rings is 1. The predicted octanol–water partition coefficient (Wildman–Crippen LogP) is 4.27. The minimum Gasteiger partial charge on any atom is -0.308 e. The molecule has 0 spiro atoms. The zero-order valence-electron chi connectivity index (χ0n) is 11.6. The molecule has 0 aliphatic heterocycles. The van der Waals surface area contributed by atoms with Crippen molar-refractivity contribution in [1.82, 2.24) is 5.32 Å². The van der Waals surface area contributed by atoms with Crippen LogP contribution in [0, 0.1) is 27.7 Å². The Kier molecular flexibility index (Phi) is 4.20. The fourth-order valence-electron chi connectivity index (χ4n) is 1.98. The Bertz CT molecular complexity index is 521. The number of thiophene rings is 1. The maximum absolute atomic E-state index is 3.52. The van der Waals surface area contributed by atoms with E-state index in [0.29, 0.717) is 0 Å². The number of nitrogens with one attached hydrogen (secondary N) is 1. The van der Waals surface area contributed by atoms with Gasteiger partial charge in [0.2, 0.25) is 0 Å². The van der Waals surface area contributed by atoms with E-state index in [-0.39, 0.29) is 0 Å². The Morgan fingerprint density at radius 1 is 0.889 bits per heavy atom. The van der Waals surface area contributed by atoms with E-state index in [1.165, 1.54) is 32.0 Å². The van der Waals surface area contributed by atoms with E-state index < -0.39 is 0 Å². The van der Waals surface area contributed by atoms with E-state index in [1.807, 2.05) is 11.3 Å². The van der Waals surface area contributed by atoms with Crippen LogP contribution in [0.3, 0.4) is 0 Å². The van der Waals surface area contributed by atoms with E-state index in [1.54, 1.807) is 0 Å². The van der Waals surface area contributed by atoms with Crippen molar-refractivity contribution in [2.24, 2.45) is 0 Å². The molecule has 0 bridgehead atoms. The molecule has 1 nitrogen and oxygen atoms in total. The molecule has 1 aromatic heterocycles. The average Bonchev–Trinajstić information content (AvgIpc) is 2.63. The van der Waals surface area contributed by atoms with Gasteiger partial charge in [-0.2, -0.15) is 0 Å². The standard InChI is InChI=1S/C16H21NS/c1-11-5-6-15(7-12(11)2)9-17-10-16-8-13(3)14(4)18-16/h5-8,17H,9-10H2,1-4H3. The summed E-state index contributed by atoms with van der Waals surface area (Å²) in [6.07, 6.45) is 0. The molecule has 0 aliphatic rings. The van der Waals surface area contributed by atoms with Gasteiger partial charge in [0, 0.05) is 22.8 Å². The highest BCUT2D eigenvalue weighted by atomic mass is 32.1. The van der Waals surface area contributed by atoms with Crippen LogP contribution in [0.2, 0.25) is 0 Å². The first-order valence-electron chi connectivity index (χ1n) is 6.39. The fraction of sp³-hybridized carbons (Fsp3) is 0.375. The molecular formula is C16H21NS. The monoisotopic (exact) mass is 259 g/mol. The summed E-state index contributed by atoms with van der Waals surface area (Å²) < 4.78 is 0. The Morgan fingerprint density at radius 2 is 1.67 bits per heavy atom. The maximum atomic E-state index is 3.52. The summed E-state index contributed by atoms with van der Waals surface area (Å²) in [5, 5.41) is 3.52. The molecule has 0 saturated heterocycles. The summed E-state index contributed by atoms with van der Waals surface area (Å²) in [7, 11) is 0. The van der Waals surface area contributed by atoms with Gasteiger partial charge in [0.05, 0.1) is 0 Å². The smallest absolute Gasteiger partial charge is 0.0303 e. The number of hydrogen-bond acceptors (Lipinski definition) is 2. The summed E-state index contributed by atoms with van der Waals surface area (Å²) in [5.41, 5.74) is 5.51. The minimum atomic E-state index is 0.942. The van der Waals surface area contributed by atoms with Crippen molar-refractivity contribution in [1.29, 1.82) is 0 Å². The summed E-state index contributed by atoms with van der Waals surface area (Å²) in [5.74, 6) is 0. The third-order valence-electron chi connectivity index (χ3n) is 3.42. The van der Waals surface area contributed by atoms with Crippen LogP contribution in [0.5, 0.6) is 0 Å². The van der Waals surface area contributed by atoms with Crippen molar-refractivity contribution in [2.75, 3.05) is 0 Å². The first kappa shape index (κ1) is 13.3. The van der Waals surface area contributed by atoms with Crippen LogP contribution in [0.1, 0.15) is 32.0 Å². The molecule has 0 fully saturated rings. The first-order chi connectivity index (χ1) is 8.56. The van der Waals surface area contributed by atoms with Crippen molar-refractivity contribution in [3.05, 3.63) is 56.3 Å². The van der Waals surface area contributed by atoms with Gasteiger partial charge in [-0.1, -0.05) is 18.2 Å². The summed E-state index contributed by atoms with van der Waals surface area (Å²) >= 11 is 1.89. The van der Waals surface area contributed by atoms with E-state index in [4.69, 9.17) is 0 Å². The molecule has 1 aromatic carbocycles. The fourth-order valence-corrected chi connectivity index (χ4v) is 3.00. The lowest BCUT2D eigenvalue weighted by Crippen LogP contribution is -2.11. The highest BCUT2D eigenvalue weighted by Gasteiger charge is 2.01. The molecule has 0 aliphatic carbocycles. The number of rotatable bonds is 4. The van der Waals surface area contributed by atoms with Crippen LogP contribution in [-0.4, -0.2) is 0 Å². The summed E-state index contributed by atoms with van der Waals surface area (Å²) in [4.78, 5) is 2.85. The van der Waals surface area contributed by atoms with Gasteiger partial charge in [-0.3, -0.25) is 0 Å². The first-order valence-corrected chi connectivity index (χ1v) is 7.20. The van der Waals surface area contributed by atoms with Gasteiger partial charge < -0.3 is 5.32 Å². The van der Waals surface area contributed by atoms with Crippen molar-refractivity contribution < 1.29 is 0 Å². The van der Waals surface area contributed by atoms with Crippen molar-refractivity contribution in [3.63, 3.8) is 0 Å². The highest BCUT2D eigenvalue weighted by Crippen LogP contribution is 2.20. The molecule has 2 rings (SSSR count). The molecule has 0 amide bonds. The quantitative estimate of drug-likeness (QED) is 0.864. The molecule has 2 aromatic rings. The number of hydrogen-bond donors (Lipinski definition) is 1. The van der Waals surface area contributed by atoms with Gasteiger partial charge in [0.15, 0.2) is 0 Å². The topological polar surface area (TPSA) is 12.0 Å². The predicted molar refractivity (Wildman–Crippen MR) is 80.3 cm³/mol. The van der Waals surface area contributed by atoms with Crippen LogP contribution in [0.4, 0.5) is 0 Å². The van der Waals surface area contributed by atoms with Gasteiger partial charge >= 0.3 is 0 Å². The van der Waals surface area contributed by atoms with Gasteiger partial charge in [0.25, 0.3) is 0 Å². The summed E-state index contributed by atoms with van der Waals surface area (Å²) in [6.45, 7) is 10.6. The average molecular weight is 259 g/mol. The molecule has 2 heteroatoms. The SMILES string of the molecule is Cc1ccc(CNCc2cc(C)c(C)s2)cc1C. The molecule has 18 heavy (non-hydrogen) atoms. The van der Waals surface area contributed by atoms with Crippen LogP contribution in [0.25, 0.3) is 0 Å². The van der Waals surface area contributed by atoms with E-state index in [2.05, 4.69) is 57.3 Å².